The molecule has 1 saturated carbocycles. The van der Waals surface area contributed by atoms with Crippen molar-refractivity contribution in [3.8, 4) is 0 Å². The average molecular weight is 464 g/mol. The Balaban J connectivity index is 2.40. The van der Waals surface area contributed by atoms with E-state index < -0.39 is 23.8 Å². The van der Waals surface area contributed by atoms with Crippen molar-refractivity contribution < 1.29 is 19.1 Å². The smallest absolute Gasteiger partial charge is 0.408 e. The zero-order valence-electron chi connectivity index (χ0n) is 20.1. The minimum atomic E-state index is -0.916. The SMILES string of the molecule is Cc1ccc(C(C(=O)NC(C)C)N(C(=O)C(CS)NC(=O)OC(C)(C)C)C2CC2C)cc1. The topological polar surface area (TPSA) is 87.7 Å². The predicted molar refractivity (Wildman–Crippen MR) is 129 cm³/mol. The number of rotatable bonds is 8. The maximum Gasteiger partial charge on any atom is 0.408 e. The first-order valence-corrected chi connectivity index (χ1v) is 11.8. The van der Waals surface area contributed by atoms with Gasteiger partial charge < -0.3 is 20.3 Å². The average Bonchev–Trinajstić information content (AvgIpc) is 3.38. The van der Waals surface area contributed by atoms with Crippen molar-refractivity contribution in [1.82, 2.24) is 15.5 Å². The molecule has 0 spiro atoms. The molecular weight excluding hydrogens is 426 g/mol. The molecule has 0 aromatic heterocycles. The summed E-state index contributed by atoms with van der Waals surface area (Å²) in [5, 5.41) is 5.59. The van der Waals surface area contributed by atoms with Crippen LogP contribution in [-0.4, -0.2) is 52.3 Å². The van der Waals surface area contributed by atoms with Crippen LogP contribution in [0.5, 0.6) is 0 Å². The lowest BCUT2D eigenvalue weighted by molar-refractivity contribution is -0.143. The number of aryl methyl sites for hydroxylation is 1. The molecule has 0 heterocycles. The Morgan fingerprint density at radius 1 is 1.16 bits per heavy atom. The van der Waals surface area contributed by atoms with Crippen LogP contribution in [0.1, 0.15) is 65.1 Å². The fraction of sp³-hybridized carbons (Fsp3) is 0.625. The number of nitrogens with one attached hydrogen (secondary N) is 2. The van der Waals surface area contributed by atoms with Gasteiger partial charge in [0, 0.05) is 17.8 Å². The highest BCUT2D eigenvalue weighted by Crippen LogP contribution is 2.40. The molecule has 1 aliphatic rings. The Bertz CT molecular complexity index is 820. The lowest BCUT2D eigenvalue weighted by atomic mass is 10.0. The number of ether oxygens (including phenoxy) is 1. The second-order valence-electron chi connectivity index (χ2n) is 9.88. The Kier molecular flexibility index (Phi) is 8.62. The highest BCUT2D eigenvalue weighted by atomic mass is 32.1. The molecule has 1 aliphatic carbocycles. The second kappa shape index (κ2) is 10.6. The van der Waals surface area contributed by atoms with Crippen LogP contribution >= 0.6 is 12.6 Å². The number of alkyl carbamates (subject to hydrolysis) is 1. The van der Waals surface area contributed by atoms with Gasteiger partial charge in [0.2, 0.25) is 11.8 Å². The van der Waals surface area contributed by atoms with Gasteiger partial charge in [0.1, 0.15) is 17.7 Å². The minimum absolute atomic E-state index is 0.0791. The molecule has 7 nitrogen and oxygen atoms in total. The number of benzene rings is 1. The molecule has 0 aliphatic heterocycles. The molecule has 2 N–H and O–H groups in total. The van der Waals surface area contributed by atoms with Gasteiger partial charge in [-0.3, -0.25) is 9.59 Å². The Morgan fingerprint density at radius 3 is 2.16 bits per heavy atom. The number of hydrogen-bond acceptors (Lipinski definition) is 5. The summed E-state index contributed by atoms with van der Waals surface area (Å²) in [7, 11) is 0. The molecule has 178 valence electrons. The molecule has 2 rings (SSSR count). The van der Waals surface area contributed by atoms with E-state index in [4.69, 9.17) is 4.74 Å². The Hall–Kier alpha value is -2.22. The standard InChI is InChI=1S/C24H37N3O4S/c1-14(2)25-21(28)20(17-10-8-15(3)9-11-17)27(19-12-16(19)4)22(29)18(13-32)26-23(30)31-24(5,6)7/h8-11,14,16,18-20,32H,12-13H2,1-7H3,(H,25,28)(H,26,30). The van der Waals surface area contributed by atoms with Gasteiger partial charge in [0.25, 0.3) is 0 Å². The Morgan fingerprint density at radius 2 is 1.72 bits per heavy atom. The van der Waals surface area contributed by atoms with Crippen molar-refractivity contribution in [2.45, 2.75) is 84.7 Å². The van der Waals surface area contributed by atoms with E-state index in [9.17, 15) is 14.4 Å². The number of carbonyl (C=O) groups excluding carboxylic acids is 3. The zero-order valence-corrected chi connectivity index (χ0v) is 21.0. The maximum absolute atomic E-state index is 13.7. The number of carbonyl (C=O) groups is 3. The molecule has 1 fully saturated rings. The van der Waals surface area contributed by atoms with Crippen molar-refractivity contribution >= 4 is 30.5 Å². The largest absolute Gasteiger partial charge is 0.444 e. The summed E-state index contributed by atoms with van der Waals surface area (Å²) in [5.74, 6) is -0.237. The third-order valence-electron chi connectivity index (χ3n) is 5.20. The van der Waals surface area contributed by atoms with Gasteiger partial charge in [-0.15, -0.1) is 0 Å². The number of amides is 3. The van der Waals surface area contributed by atoms with Gasteiger partial charge in [-0.05, 0) is 59.4 Å². The monoisotopic (exact) mass is 463 g/mol. The van der Waals surface area contributed by atoms with Gasteiger partial charge in [-0.25, -0.2) is 4.79 Å². The van der Waals surface area contributed by atoms with Crippen LogP contribution in [0.3, 0.4) is 0 Å². The van der Waals surface area contributed by atoms with Crippen LogP contribution in [0.2, 0.25) is 0 Å². The van der Waals surface area contributed by atoms with E-state index >= 15 is 0 Å². The van der Waals surface area contributed by atoms with E-state index in [-0.39, 0.29) is 35.6 Å². The first-order chi connectivity index (χ1) is 14.8. The molecule has 1 aromatic carbocycles. The lowest BCUT2D eigenvalue weighted by Gasteiger charge is -2.35. The highest BCUT2D eigenvalue weighted by molar-refractivity contribution is 7.80. The highest BCUT2D eigenvalue weighted by Gasteiger charge is 2.48. The molecule has 32 heavy (non-hydrogen) atoms. The summed E-state index contributed by atoms with van der Waals surface area (Å²) in [4.78, 5) is 41.0. The summed E-state index contributed by atoms with van der Waals surface area (Å²) < 4.78 is 5.32. The van der Waals surface area contributed by atoms with Crippen LogP contribution in [0.25, 0.3) is 0 Å². The molecule has 4 atom stereocenters. The fourth-order valence-electron chi connectivity index (χ4n) is 3.54. The fourth-order valence-corrected chi connectivity index (χ4v) is 3.79. The van der Waals surface area contributed by atoms with Gasteiger partial charge in [-0.1, -0.05) is 36.8 Å². The molecule has 0 radical (unpaired) electrons. The van der Waals surface area contributed by atoms with Gasteiger partial charge >= 0.3 is 6.09 Å². The summed E-state index contributed by atoms with van der Waals surface area (Å²) in [6, 6.07) is 5.73. The molecular formula is C24H37N3O4S. The van der Waals surface area contributed by atoms with Crippen molar-refractivity contribution in [1.29, 1.82) is 0 Å². The van der Waals surface area contributed by atoms with Crippen LogP contribution in [0.15, 0.2) is 24.3 Å². The first kappa shape index (κ1) is 26.0. The van der Waals surface area contributed by atoms with E-state index in [1.54, 1.807) is 25.7 Å². The molecule has 4 unspecified atom stereocenters. The van der Waals surface area contributed by atoms with E-state index in [1.165, 1.54) is 0 Å². The molecule has 0 saturated heterocycles. The quantitative estimate of drug-likeness (QED) is 0.514. The molecule has 3 amide bonds. The van der Waals surface area contributed by atoms with E-state index in [1.807, 2.05) is 45.0 Å². The van der Waals surface area contributed by atoms with Gasteiger partial charge in [-0.2, -0.15) is 12.6 Å². The lowest BCUT2D eigenvalue weighted by Crippen LogP contribution is -2.55. The van der Waals surface area contributed by atoms with Crippen molar-refractivity contribution in [3.63, 3.8) is 0 Å². The maximum atomic E-state index is 13.7. The van der Waals surface area contributed by atoms with Gasteiger partial charge in [0.05, 0.1) is 0 Å². The normalized spacial score (nSPS) is 19.7. The summed E-state index contributed by atoms with van der Waals surface area (Å²) in [6.07, 6.45) is 0.113. The number of thiol groups is 1. The Labute approximate surface area is 197 Å². The zero-order chi connectivity index (χ0) is 24.2. The minimum Gasteiger partial charge on any atom is -0.444 e. The summed E-state index contributed by atoms with van der Waals surface area (Å²) in [5.41, 5.74) is 1.10. The van der Waals surface area contributed by atoms with Crippen molar-refractivity contribution in [2.24, 2.45) is 5.92 Å². The van der Waals surface area contributed by atoms with Crippen molar-refractivity contribution in [3.05, 3.63) is 35.4 Å². The number of nitrogens with zero attached hydrogens (tertiary/aromatic N) is 1. The first-order valence-electron chi connectivity index (χ1n) is 11.1. The molecule has 8 heteroatoms. The van der Waals surface area contributed by atoms with E-state index in [2.05, 4.69) is 30.2 Å². The summed E-state index contributed by atoms with van der Waals surface area (Å²) >= 11 is 4.31. The van der Waals surface area contributed by atoms with Crippen LogP contribution in [-0.2, 0) is 14.3 Å². The van der Waals surface area contributed by atoms with Crippen LogP contribution in [0, 0.1) is 12.8 Å². The van der Waals surface area contributed by atoms with Crippen LogP contribution in [0.4, 0.5) is 4.79 Å². The molecule has 0 bridgehead atoms. The predicted octanol–water partition coefficient (Wildman–Crippen LogP) is 3.62. The summed E-state index contributed by atoms with van der Waals surface area (Å²) in [6.45, 7) is 13.1. The van der Waals surface area contributed by atoms with Crippen LogP contribution < -0.4 is 10.6 Å². The van der Waals surface area contributed by atoms with Gasteiger partial charge in [0.15, 0.2) is 0 Å². The number of hydrogen-bond donors (Lipinski definition) is 3. The third-order valence-corrected chi connectivity index (χ3v) is 5.57. The third kappa shape index (κ3) is 7.15. The van der Waals surface area contributed by atoms with Crippen molar-refractivity contribution in [2.75, 3.05) is 5.75 Å². The van der Waals surface area contributed by atoms with E-state index in [0.29, 0.717) is 0 Å². The second-order valence-corrected chi connectivity index (χ2v) is 10.2. The van der Waals surface area contributed by atoms with E-state index in [0.717, 1.165) is 17.5 Å². The molecule has 1 aromatic rings.